The number of carbonyl (C=O) groups is 2. The molecule has 1 fully saturated rings. The lowest BCUT2D eigenvalue weighted by Crippen LogP contribution is -2.50. The van der Waals surface area contributed by atoms with Crippen molar-refractivity contribution >= 4 is 12.0 Å². The first-order valence-electron chi connectivity index (χ1n) is 7.73. The van der Waals surface area contributed by atoms with Crippen molar-refractivity contribution in [1.29, 1.82) is 0 Å². The summed E-state index contributed by atoms with van der Waals surface area (Å²) in [5.41, 5.74) is -0.852. The fraction of sp³-hybridized carbons (Fsp3) is 0.867. The minimum Gasteiger partial charge on any atom is -0.481 e. The van der Waals surface area contributed by atoms with Gasteiger partial charge in [0.1, 0.15) is 0 Å². The van der Waals surface area contributed by atoms with Gasteiger partial charge in [0.2, 0.25) is 0 Å². The normalized spacial score (nSPS) is 23.1. The summed E-state index contributed by atoms with van der Waals surface area (Å²) in [6, 6.07) is -0.0255. The predicted molar refractivity (Wildman–Crippen MR) is 78.6 cm³/mol. The molecular weight excluding hydrogens is 256 g/mol. The summed E-state index contributed by atoms with van der Waals surface area (Å²) < 4.78 is 0. The van der Waals surface area contributed by atoms with Crippen LogP contribution in [0.1, 0.15) is 59.3 Å². The van der Waals surface area contributed by atoms with Crippen molar-refractivity contribution in [3.05, 3.63) is 0 Å². The average Bonchev–Trinajstić information content (AvgIpc) is 2.43. The number of urea groups is 1. The lowest BCUT2D eigenvalue weighted by atomic mass is 9.82. The van der Waals surface area contributed by atoms with Gasteiger partial charge in [0.25, 0.3) is 0 Å². The van der Waals surface area contributed by atoms with Crippen LogP contribution in [0.15, 0.2) is 0 Å². The van der Waals surface area contributed by atoms with Crippen LogP contribution in [0.3, 0.4) is 0 Å². The van der Waals surface area contributed by atoms with Gasteiger partial charge in [0.15, 0.2) is 0 Å². The number of hydrogen-bond donors (Lipinski definition) is 3. The number of aliphatic carboxylic acids is 1. The molecule has 0 aromatic rings. The average molecular weight is 284 g/mol. The summed E-state index contributed by atoms with van der Waals surface area (Å²) in [5.74, 6) is -0.343. The van der Waals surface area contributed by atoms with Crippen LogP contribution >= 0.6 is 0 Å². The largest absolute Gasteiger partial charge is 0.481 e. The smallest absolute Gasteiger partial charge is 0.315 e. The number of hydrogen-bond acceptors (Lipinski definition) is 2. The zero-order valence-corrected chi connectivity index (χ0v) is 12.9. The molecule has 0 saturated heterocycles. The third kappa shape index (κ3) is 4.12. The Hall–Kier alpha value is -1.26. The molecular formula is C15H28N2O3. The van der Waals surface area contributed by atoms with Crippen molar-refractivity contribution in [3.8, 4) is 0 Å². The maximum Gasteiger partial charge on any atom is 0.315 e. The van der Waals surface area contributed by atoms with E-state index in [1.165, 1.54) is 6.42 Å². The highest BCUT2D eigenvalue weighted by Crippen LogP contribution is 2.26. The van der Waals surface area contributed by atoms with E-state index in [1.807, 2.05) is 13.8 Å². The number of amides is 2. The van der Waals surface area contributed by atoms with Gasteiger partial charge < -0.3 is 15.7 Å². The summed E-state index contributed by atoms with van der Waals surface area (Å²) in [7, 11) is 0. The monoisotopic (exact) mass is 284 g/mol. The minimum atomic E-state index is -0.852. The number of carbonyl (C=O) groups excluding carboxylic acids is 1. The van der Waals surface area contributed by atoms with Gasteiger partial charge in [-0.1, -0.05) is 33.6 Å². The Bertz CT molecular complexity index is 340. The lowest BCUT2D eigenvalue weighted by molar-refractivity contribution is -0.149. The molecule has 116 valence electrons. The molecule has 5 nitrogen and oxygen atoms in total. The van der Waals surface area contributed by atoms with E-state index in [4.69, 9.17) is 0 Å². The topological polar surface area (TPSA) is 78.4 Å². The second-order valence-corrected chi connectivity index (χ2v) is 5.99. The SMILES string of the molecule is CCC(CC)(CNC(=O)NC1CCCCC1C)C(=O)O. The molecule has 0 aromatic carbocycles. The van der Waals surface area contributed by atoms with Crippen LogP contribution in [-0.2, 0) is 4.79 Å². The molecule has 3 N–H and O–H groups in total. The van der Waals surface area contributed by atoms with Gasteiger partial charge in [-0.05, 0) is 31.6 Å². The van der Waals surface area contributed by atoms with Crippen LogP contribution in [0.5, 0.6) is 0 Å². The maximum absolute atomic E-state index is 11.9. The van der Waals surface area contributed by atoms with Gasteiger partial charge in [-0.25, -0.2) is 4.79 Å². The highest BCUT2D eigenvalue weighted by atomic mass is 16.4. The first-order valence-corrected chi connectivity index (χ1v) is 7.73. The summed E-state index contributed by atoms with van der Waals surface area (Å²) in [6.07, 6.45) is 5.57. The number of rotatable bonds is 6. The van der Waals surface area contributed by atoms with Gasteiger partial charge in [0.05, 0.1) is 5.41 Å². The van der Waals surface area contributed by atoms with E-state index in [-0.39, 0.29) is 18.6 Å². The Balaban J connectivity index is 2.47. The van der Waals surface area contributed by atoms with Gasteiger partial charge in [0, 0.05) is 12.6 Å². The van der Waals surface area contributed by atoms with Crippen LogP contribution in [-0.4, -0.2) is 29.7 Å². The summed E-state index contributed by atoms with van der Waals surface area (Å²) >= 11 is 0. The molecule has 0 aliphatic heterocycles. The Kier molecular flexibility index (Phi) is 6.30. The molecule has 2 atom stereocenters. The third-order valence-corrected chi connectivity index (χ3v) is 4.82. The molecule has 1 rings (SSSR count). The summed E-state index contributed by atoms with van der Waals surface area (Å²) in [4.78, 5) is 23.3. The predicted octanol–water partition coefficient (Wildman–Crippen LogP) is 2.76. The van der Waals surface area contributed by atoms with E-state index in [9.17, 15) is 14.7 Å². The highest BCUT2D eigenvalue weighted by molar-refractivity contribution is 5.78. The molecule has 0 heterocycles. The van der Waals surface area contributed by atoms with E-state index in [0.717, 1.165) is 19.3 Å². The van der Waals surface area contributed by atoms with Crippen molar-refractivity contribution in [2.75, 3.05) is 6.54 Å². The molecule has 2 amide bonds. The van der Waals surface area contributed by atoms with Crippen LogP contribution in [0.2, 0.25) is 0 Å². The van der Waals surface area contributed by atoms with Gasteiger partial charge in [-0.15, -0.1) is 0 Å². The summed E-state index contributed by atoms with van der Waals surface area (Å²) in [5, 5.41) is 15.1. The Morgan fingerprint density at radius 3 is 2.30 bits per heavy atom. The number of nitrogens with one attached hydrogen (secondary N) is 2. The molecule has 2 unspecified atom stereocenters. The van der Waals surface area contributed by atoms with Crippen LogP contribution in [0.4, 0.5) is 4.79 Å². The van der Waals surface area contributed by atoms with Crippen molar-refractivity contribution in [1.82, 2.24) is 10.6 Å². The van der Waals surface area contributed by atoms with E-state index in [0.29, 0.717) is 18.8 Å². The van der Waals surface area contributed by atoms with Crippen LogP contribution in [0, 0.1) is 11.3 Å². The van der Waals surface area contributed by atoms with E-state index >= 15 is 0 Å². The van der Waals surface area contributed by atoms with Crippen molar-refractivity contribution in [2.24, 2.45) is 11.3 Å². The molecule has 1 saturated carbocycles. The van der Waals surface area contributed by atoms with E-state index in [1.54, 1.807) is 0 Å². The minimum absolute atomic E-state index is 0.183. The second-order valence-electron chi connectivity index (χ2n) is 5.99. The van der Waals surface area contributed by atoms with Crippen molar-refractivity contribution < 1.29 is 14.7 Å². The van der Waals surface area contributed by atoms with E-state index < -0.39 is 11.4 Å². The molecule has 20 heavy (non-hydrogen) atoms. The molecule has 0 bridgehead atoms. The maximum atomic E-state index is 11.9. The molecule has 1 aliphatic rings. The standard InChI is InChI=1S/C15H28N2O3/c1-4-15(5-2,13(18)19)10-16-14(20)17-12-9-7-6-8-11(12)3/h11-12H,4-10H2,1-3H3,(H,18,19)(H2,16,17,20). The second kappa shape index (κ2) is 7.50. The molecule has 0 aromatic heterocycles. The van der Waals surface area contributed by atoms with E-state index in [2.05, 4.69) is 17.6 Å². The first-order chi connectivity index (χ1) is 9.45. The van der Waals surface area contributed by atoms with Gasteiger partial charge in [-0.2, -0.15) is 0 Å². The Morgan fingerprint density at radius 2 is 1.80 bits per heavy atom. The molecule has 1 aliphatic carbocycles. The Labute approximate surface area is 121 Å². The summed E-state index contributed by atoms with van der Waals surface area (Å²) in [6.45, 7) is 6.03. The zero-order valence-electron chi connectivity index (χ0n) is 12.9. The quantitative estimate of drug-likeness (QED) is 0.701. The zero-order chi connectivity index (χ0) is 15.2. The van der Waals surface area contributed by atoms with Crippen molar-refractivity contribution in [2.45, 2.75) is 65.3 Å². The van der Waals surface area contributed by atoms with Crippen LogP contribution in [0.25, 0.3) is 0 Å². The third-order valence-electron chi connectivity index (χ3n) is 4.82. The first kappa shape index (κ1) is 16.8. The number of carboxylic acids is 1. The molecule has 5 heteroatoms. The Morgan fingerprint density at radius 1 is 1.20 bits per heavy atom. The van der Waals surface area contributed by atoms with Crippen LogP contribution < -0.4 is 10.6 Å². The van der Waals surface area contributed by atoms with Crippen molar-refractivity contribution in [3.63, 3.8) is 0 Å². The van der Waals surface area contributed by atoms with Gasteiger partial charge in [-0.3, -0.25) is 4.79 Å². The number of carboxylic acid groups (broad SMARTS) is 1. The van der Waals surface area contributed by atoms with Gasteiger partial charge >= 0.3 is 12.0 Å². The lowest BCUT2D eigenvalue weighted by Gasteiger charge is -2.31. The molecule has 0 radical (unpaired) electrons. The fourth-order valence-corrected chi connectivity index (χ4v) is 2.88. The fourth-order valence-electron chi connectivity index (χ4n) is 2.88. The molecule has 0 spiro atoms. The highest BCUT2D eigenvalue weighted by Gasteiger charge is 2.35.